The van der Waals surface area contributed by atoms with E-state index in [9.17, 15) is 4.79 Å². The molecule has 112 valence electrons. The maximum Gasteiger partial charge on any atom is 0.243 e. The van der Waals surface area contributed by atoms with E-state index >= 15 is 0 Å². The normalized spacial score (nSPS) is 12.9. The maximum absolute atomic E-state index is 12.8. The lowest BCUT2D eigenvalue weighted by molar-refractivity contribution is -0.120. The highest BCUT2D eigenvalue weighted by Crippen LogP contribution is 2.31. The van der Waals surface area contributed by atoms with Crippen LogP contribution in [0.2, 0.25) is 0 Å². The summed E-state index contributed by atoms with van der Waals surface area (Å²) in [6.45, 7) is 9.91. The van der Waals surface area contributed by atoms with Crippen molar-refractivity contribution in [2.24, 2.45) is 0 Å². The summed E-state index contributed by atoms with van der Waals surface area (Å²) in [5.74, 6) is 0.822. The number of nitrogens with zero attached hydrogens (tertiary/aromatic N) is 1. The highest BCUT2D eigenvalue weighted by molar-refractivity contribution is 9.10. The fourth-order valence-corrected chi connectivity index (χ4v) is 2.18. The summed E-state index contributed by atoms with van der Waals surface area (Å²) < 4.78 is 4.70. The van der Waals surface area contributed by atoms with Gasteiger partial charge in [0.1, 0.15) is 5.75 Å². The molecule has 3 nitrogen and oxygen atoms in total. The minimum atomic E-state index is -0.591. The summed E-state index contributed by atoms with van der Waals surface area (Å²) in [5.41, 5.74) is 1.98. The monoisotopic (exact) mass is 341 g/mol. The quantitative estimate of drug-likeness (QED) is 0.747. The fraction of sp³-hybridized carbons (Fsp3) is 0.562. The number of anilines is 1. The van der Waals surface area contributed by atoms with Crippen LogP contribution in [0.15, 0.2) is 18.2 Å². The van der Waals surface area contributed by atoms with Crippen molar-refractivity contribution in [3.63, 3.8) is 0 Å². The van der Waals surface area contributed by atoms with Crippen molar-refractivity contribution in [2.75, 3.05) is 12.0 Å². The van der Waals surface area contributed by atoms with E-state index in [0.29, 0.717) is 0 Å². The maximum atomic E-state index is 12.8. The van der Waals surface area contributed by atoms with Gasteiger partial charge < -0.3 is 9.64 Å². The van der Waals surface area contributed by atoms with E-state index in [4.69, 9.17) is 4.74 Å². The highest BCUT2D eigenvalue weighted by Gasteiger charge is 2.33. The Hall–Kier alpha value is -1.03. The van der Waals surface area contributed by atoms with Gasteiger partial charge in [0, 0.05) is 12.1 Å². The highest BCUT2D eigenvalue weighted by atomic mass is 79.9. The Kier molecular flexibility index (Phi) is 5.63. The number of carbonyl (C=O) groups excluding carboxylic acids is 1. The fourth-order valence-electron chi connectivity index (χ4n) is 1.99. The van der Waals surface area contributed by atoms with Gasteiger partial charge in [0.15, 0.2) is 0 Å². The lowest BCUT2D eigenvalue weighted by Crippen LogP contribution is -2.46. The average Bonchev–Trinajstić information content (AvgIpc) is 2.39. The molecular weight excluding hydrogens is 318 g/mol. The second-order valence-electron chi connectivity index (χ2n) is 5.56. The van der Waals surface area contributed by atoms with E-state index < -0.39 is 4.32 Å². The third-order valence-electron chi connectivity index (χ3n) is 3.43. The van der Waals surface area contributed by atoms with E-state index in [0.717, 1.165) is 23.4 Å². The first-order valence-corrected chi connectivity index (χ1v) is 7.68. The molecule has 1 atom stereocenters. The standard InChI is InChI=1S/C16H24BrNO2/c1-7-12(3)18(15(19)16(4,5)17)14-10-13(20-6)9-8-11(14)2/h8-10,12H,7H2,1-6H3. The van der Waals surface area contributed by atoms with Gasteiger partial charge in [0.05, 0.1) is 17.1 Å². The lowest BCUT2D eigenvalue weighted by atomic mass is 10.1. The van der Waals surface area contributed by atoms with Crippen LogP contribution in [0.25, 0.3) is 0 Å². The number of aryl methyl sites for hydroxylation is 1. The molecule has 0 radical (unpaired) electrons. The summed E-state index contributed by atoms with van der Waals surface area (Å²) in [7, 11) is 1.64. The van der Waals surface area contributed by atoms with E-state index in [2.05, 4.69) is 29.8 Å². The van der Waals surface area contributed by atoms with Crippen LogP contribution in [-0.2, 0) is 4.79 Å². The van der Waals surface area contributed by atoms with Crippen molar-refractivity contribution in [3.8, 4) is 5.75 Å². The molecule has 0 spiro atoms. The minimum absolute atomic E-state index is 0.0585. The van der Waals surface area contributed by atoms with Gasteiger partial charge in [0.2, 0.25) is 5.91 Å². The molecule has 1 unspecified atom stereocenters. The third-order valence-corrected chi connectivity index (χ3v) is 3.77. The van der Waals surface area contributed by atoms with Crippen molar-refractivity contribution in [3.05, 3.63) is 23.8 Å². The van der Waals surface area contributed by atoms with Gasteiger partial charge in [-0.1, -0.05) is 28.9 Å². The first-order chi connectivity index (χ1) is 9.22. The first-order valence-electron chi connectivity index (χ1n) is 6.89. The molecule has 0 aromatic heterocycles. The molecule has 0 heterocycles. The number of ether oxygens (including phenoxy) is 1. The molecule has 0 bridgehead atoms. The number of hydrogen-bond donors (Lipinski definition) is 0. The number of rotatable bonds is 5. The minimum Gasteiger partial charge on any atom is -0.497 e. The lowest BCUT2D eigenvalue weighted by Gasteiger charge is -2.34. The second kappa shape index (κ2) is 6.61. The number of amides is 1. The summed E-state index contributed by atoms with van der Waals surface area (Å²) in [4.78, 5) is 14.6. The van der Waals surface area contributed by atoms with Crippen LogP contribution in [0.4, 0.5) is 5.69 Å². The van der Waals surface area contributed by atoms with E-state index in [-0.39, 0.29) is 11.9 Å². The Morgan fingerprint density at radius 1 is 1.45 bits per heavy atom. The number of halogens is 1. The number of alkyl halides is 1. The zero-order chi connectivity index (χ0) is 15.5. The summed E-state index contributed by atoms with van der Waals surface area (Å²) in [6, 6.07) is 5.96. The summed E-state index contributed by atoms with van der Waals surface area (Å²) >= 11 is 3.48. The number of hydrogen-bond acceptors (Lipinski definition) is 2. The van der Waals surface area contributed by atoms with Gasteiger partial charge in [-0.2, -0.15) is 0 Å². The van der Waals surface area contributed by atoms with Crippen LogP contribution >= 0.6 is 15.9 Å². The van der Waals surface area contributed by atoms with Crippen LogP contribution in [0.5, 0.6) is 5.75 Å². The molecule has 20 heavy (non-hydrogen) atoms. The van der Waals surface area contributed by atoms with Crippen LogP contribution in [0, 0.1) is 6.92 Å². The Morgan fingerprint density at radius 2 is 2.05 bits per heavy atom. The molecule has 0 fully saturated rings. The Morgan fingerprint density at radius 3 is 2.50 bits per heavy atom. The Bertz CT molecular complexity index is 480. The first kappa shape index (κ1) is 17.0. The van der Waals surface area contributed by atoms with Gasteiger partial charge >= 0.3 is 0 Å². The van der Waals surface area contributed by atoms with Crippen LogP contribution in [-0.4, -0.2) is 23.4 Å². The Balaban J connectivity index is 3.35. The molecular formula is C16H24BrNO2. The zero-order valence-corrected chi connectivity index (χ0v) is 14.7. The second-order valence-corrected chi connectivity index (χ2v) is 7.54. The van der Waals surface area contributed by atoms with Crippen molar-refractivity contribution in [1.82, 2.24) is 0 Å². The molecule has 1 aromatic rings. The molecule has 4 heteroatoms. The molecule has 0 aliphatic rings. The van der Waals surface area contributed by atoms with Crippen molar-refractivity contribution in [1.29, 1.82) is 0 Å². The van der Waals surface area contributed by atoms with E-state index in [1.807, 2.05) is 43.9 Å². The summed E-state index contributed by atoms with van der Waals surface area (Å²) in [5, 5.41) is 0. The smallest absolute Gasteiger partial charge is 0.243 e. The van der Waals surface area contributed by atoms with Crippen LogP contribution in [0.3, 0.4) is 0 Å². The van der Waals surface area contributed by atoms with Crippen molar-refractivity contribution >= 4 is 27.5 Å². The number of carbonyl (C=O) groups is 1. The third kappa shape index (κ3) is 3.75. The largest absolute Gasteiger partial charge is 0.497 e. The molecule has 0 N–H and O–H groups in total. The Labute approximate surface area is 130 Å². The number of methoxy groups -OCH3 is 1. The molecule has 0 aliphatic carbocycles. The molecule has 1 rings (SSSR count). The SMILES string of the molecule is CCC(C)N(C(=O)C(C)(C)Br)c1cc(OC)ccc1C. The average molecular weight is 342 g/mol. The van der Waals surface area contributed by atoms with Gasteiger partial charge in [-0.25, -0.2) is 0 Å². The molecule has 0 saturated carbocycles. The van der Waals surface area contributed by atoms with Gasteiger partial charge in [-0.15, -0.1) is 0 Å². The van der Waals surface area contributed by atoms with Crippen molar-refractivity contribution < 1.29 is 9.53 Å². The molecule has 1 aromatic carbocycles. The van der Waals surface area contributed by atoms with Gasteiger partial charge in [-0.05, 0) is 45.7 Å². The van der Waals surface area contributed by atoms with Gasteiger partial charge in [-0.3, -0.25) is 4.79 Å². The van der Waals surface area contributed by atoms with Crippen molar-refractivity contribution in [2.45, 2.75) is 51.4 Å². The predicted molar refractivity (Wildman–Crippen MR) is 88.0 cm³/mol. The van der Waals surface area contributed by atoms with E-state index in [1.54, 1.807) is 7.11 Å². The number of benzene rings is 1. The topological polar surface area (TPSA) is 29.5 Å². The van der Waals surface area contributed by atoms with Gasteiger partial charge in [0.25, 0.3) is 0 Å². The van der Waals surface area contributed by atoms with Crippen LogP contribution < -0.4 is 9.64 Å². The van der Waals surface area contributed by atoms with E-state index in [1.165, 1.54) is 0 Å². The molecule has 0 aliphatic heterocycles. The molecule has 0 saturated heterocycles. The predicted octanol–water partition coefficient (Wildman–Crippen LogP) is 4.31. The van der Waals surface area contributed by atoms with Crippen LogP contribution in [0.1, 0.15) is 39.7 Å². The summed E-state index contributed by atoms with van der Waals surface area (Å²) in [6.07, 6.45) is 0.894. The molecule has 1 amide bonds. The zero-order valence-electron chi connectivity index (χ0n) is 13.2.